The zero-order chi connectivity index (χ0) is 21.8. The van der Waals surface area contributed by atoms with Gasteiger partial charge in [-0.25, -0.2) is 4.79 Å². The lowest BCUT2D eigenvalue weighted by molar-refractivity contribution is -0.285. The van der Waals surface area contributed by atoms with Crippen molar-refractivity contribution in [2.45, 2.75) is 30.7 Å². The normalized spacial score (nSPS) is 26.6. The standard InChI is InChI=1S/C21H22O9/c22-10-15-17(25)18(26)19(27)21(29-15)30-20(28)16-12(8-13(23)9-14(16)24)7-6-11-4-2-1-3-5-11/h1-9,15,17-19,21-27H,10H2/t15-,17+,18+,19+,21+/m0/s1. The highest BCUT2D eigenvalue weighted by atomic mass is 16.7. The molecule has 5 atom stereocenters. The molecule has 1 heterocycles. The molecule has 9 nitrogen and oxygen atoms in total. The monoisotopic (exact) mass is 418 g/mol. The van der Waals surface area contributed by atoms with Gasteiger partial charge in [-0.2, -0.15) is 0 Å². The number of hydrogen-bond donors (Lipinski definition) is 6. The van der Waals surface area contributed by atoms with Crippen molar-refractivity contribution in [1.29, 1.82) is 0 Å². The Morgan fingerprint density at radius 3 is 2.37 bits per heavy atom. The Bertz CT molecular complexity index is 910. The van der Waals surface area contributed by atoms with Crippen LogP contribution in [0, 0.1) is 0 Å². The van der Waals surface area contributed by atoms with E-state index in [-0.39, 0.29) is 16.9 Å². The summed E-state index contributed by atoms with van der Waals surface area (Å²) in [7, 11) is 0. The lowest BCUT2D eigenvalue weighted by Crippen LogP contribution is -2.59. The number of aliphatic hydroxyl groups excluding tert-OH is 4. The van der Waals surface area contributed by atoms with Crippen LogP contribution in [0.1, 0.15) is 21.5 Å². The van der Waals surface area contributed by atoms with E-state index in [2.05, 4.69) is 0 Å². The Morgan fingerprint density at radius 2 is 1.70 bits per heavy atom. The maximum Gasteiger partial charge on any atom is 0.344 e. The quantitative estimate of drug-likeness (QED) is 0.295. The molecule has 0 radical (unpaired) electrons. The summed E-state index contributed by atoms with van der Waals surface area (Å²) in [6.07, 6.45) is -4.93. The van der Waals surface area contributed by atoms with Crippen molar-refractivity contribution in [2.75, 3.05) is 6.61 Å². The second-order valence-electron chi connectivity index (χ2n) is 6.78. The molecule has 0 amide bonds. The predicted octanol–water partition coefficient (Wildman–Crippen LogP) is 0.225. The van der Waals surface area contributed by atoms with Crippen LogP contribution in [0.4, 0.5) is 0 Å². The lowest BCUT2D eigenvalue weighted by Gasteiger charge is -2.39. The molecule has 2 aromatic carbocycles. The summed E-state index contributed by atoms with van der Waals surface area (Å²) in [6.45, 7) is -0.686. The molecular formula is C21H22O9. The summed E-state index contributed by atoms with van der Waals surface area (Å²) < 4.78 is 10.2. The van der Waals surface area contributed by atoms with Gasteiger partial charge in [0.05, 0.1) is 6.61 Å². The zero-order valence-electron chi connectivity index (χ0n) is 15.7. The van der Waals surface area contributed by atoms with Gasteiger partial charge in [0, 0.05) is 6.07 Å². The van der Waals surface area contributed by atoms with Crippen molar-refractivity contribution in [3.8, 4) is 11.5 Å². The number of esters is 1. The minimum atomic E-state index is -1.78. The lowest BCUT2D eigenvalue weighted by atomic mass is 9.99. The largest absolute Gasteiger partial charge is 0.508 e. The number of hydrogen-bond acceptors (Lipinski definition) is 9. The van der Waals surface area contributed by atoms with Crippen molar-refractivity contribution in [3.63, 3.8) is 0 Å². The fourth-order valence-corrected chi connectivity index (χ4v) is 3.07. The first-order chi connectivity index (χ1) is 14.3. The van der Waals surface area contributed by atoms with E-state index in [4.69, 9.17) is 9.47 Å². The first kappa shape index (κ1) is 21.8. The molecular weight excluding hydrogens is 396 g/mol. The number of carbonyl (C=O) groups is 1. The van der Waals surface area contributed by atoms with Gasteiger partial charge >= 0.3 is 5.97 Å². The Balaban J connectivity index is 1.87. The summed E-state index contributed by atoms with van der Waals surface area (Å²) in [6, 6.07) is 11.3. The number of ether oxygens (including phenoxy) is 2. The molecule has 0 spiro atoms. The summed E-state index contributed by atoms with van der Waals surface area (Å²) in [5, 5.41) is 58.9. The number of phenolic OH excluding ortho intramolecular Hbond substituents is 2. The summed E-state index contributed by atoms with van der Waals surface area (Å²) in [5.74, 6) is -1.97. The number of aliphatic hydroxyl groups is 4. The van der Waals surface area contributed by atoms with E-state index in [1.54, 1.807) is 6.08 Å². The predicted molar refractivity (Wildman–Crippen MR) is 104 cm³/mol. The minimum Gasteiger partial charge on any atom is -0.508 e. The summed E-state index contributed by atoms with van der Waals surface area (Å²) in [4.78, 5) is 12.7. The topological polar surface area (TPSA) is 157 Å². The van der Waals surface area contributed by atoms with E-state index in [1.807, 2.05) is 30.3 Å². The van der Waals surface area contributed by atoms with Crippen LogP contribution in [-0.4, -0.2) is 73.9 Å². The molecule has 30 heavy (non-hydrogen) atoms. The van der Waals surface area contributed by atoms with Gasteiger partial charge in [-0.05, 0) is 17.2 Å². The summed E-state index contributed by atoms with van der Waals surface area (Å²) >= 11 is 0. The van der Waals surface area contributed by atoms with E-state index in [9.17, 15) is 35.4 Å². The smallest absolute Gasteiger partial charge is 0.344 e. The average molecular weight is 418 g/mol. The molecule has 2 aromatic rings. The molecule has 1 fully saturated rings. The van der Waals surface area contributed by atoms with Crippen LogP contribution in [0.5, 0.6) is 11.5 Å². The van der Waals surface area contributed by atoms with Crippen LogP contribution in [-0.2, 0) is 9.47 Å². The Hall–Kier alpha value is -2.95. The molecule has 9 heteroatoms. The van der Waals surface area contributed by atoms with Gasteiger partial charge in [0.15, 0.2) is 0 Å². The average Bonchev–Trinajstić information content (AvgIpc) is 2.72. The fourth-order valence-electron chi connectivity index (χ4n) is 3.07. The van der Waals surface area contributed by atoms with Crippen molar-refractivity contribution < 1.29 is 44.9 Å². The molecule has 0 aliphatic carbocycles. The van der Waals surface area contributed by atoms with E-state index in [0.717, 1.165) is 11.6 Å². The highest BCUT2D eigenvalue weighted by Gasteiger charge is 2.45. The van der Waals surface area contributed by atoms with Crippen LogP contribution >= 0.6 is 0 Å². The third kappa shape index (κ3) is 4.61. The third-order valence-corrected chi connectivity index (χ3v) is 4.66. The van der Waals surface area contributed by atoms with Crippen molar-refractivity contribution >= 4 is 18.1 Å². The molecule has 0 bridgehead atoms. The highest BCUT2D eigenvalue weighted by molar-refractivity contribution is 5.98. The minimum absolute atomic E-state index is 0.131. The van der Waals surface area contributed by atoms with Crippen LogP contribution in [0.25, 0.3) is 12.2 Å². The molecule has 0 aromatic heterocycles. The van der Waals surface area contributed by atoms with Gasteiger partial charge in [0.2, 0.25) is 6.29 Å². The molecule has 0 saturated carbocycles. The zero-order valence-corrected chi connectivity index (χ0v) is 15.7. The number of carbonyl (C=O) groups excluding carboxylic acids is 1. The molecule has 1 aliphatic heterocycles. The number of rotatable bonds is 5. The van der Waals surface area contributed by atoms with E-state index in [1.165, 1.54) is 12.1 Å². The number of aromatic hydroxyl groups is 2. The van der Waals surface area contributed by atoms with Crippen LogP contribution < -0.4 is 0 Å². The molecule has 6 N–H and O–H groups in total. The molecule has 0 unspecified atom stereocenters. The van der Waals surface area contributed by atoms with Gasteiger partial charge in [-0.1, -0.05) is 42.5 Å². The van der Waals surface area contributed by atoms with Crippen molar-refractivity contribution in [2.24, 2.45) is 0 Å². The first-order valence-electron chi connectivity index (χ1n) is 9.12. The molecule has 3 rings (SSSR count). The van der Waals surface area contributed by atoms with Crippen molar-refractivity contribution in [3.05, 3.63) is 59.2 Å². The SMILES string of the molecule is O=C(O[C@H]1O[C@@H](CO)[C@@H](O)[C@@H](O)[C@H]1O)c1c(O)cc(O)cc1C=Cc1ccccc1. The third-order valence-electron chi connectivity index (χ3n) is 4.66. The Morgan fingerprint density at radius 1 is 1.00 bits per heavy atom. The van der Waals surface area contributed by atoms with E-state index in [0.29, 0.717) is 0 Å². The van der Waals surface area contributed by atoms with Crippen LogP contribution in [0.3, 0.4) is 0 Å². The number of benzene rings is 2. The molecule has 1 saturated heterocycles. The molecule has 160 valence electrons. The van der Waals surface area contributed by atoms with E-state index >= 15 is 0 Å². The molecule has 1 aliphatic rings. The van der Waals surface area contributed by atoms with Gasteiger partial charge in [-0.15, -0.1) is 0 Å². The number of phenols is 2. The van der Waals surface area contributed by atoms with Gasteiger partial charge in [-0.3, -0.25) is 0 Å². The van der Waals surface area contributed by atoms with Crippen LogP contribution in [0.2, 0.25) is 0 Å². The summed E-state index contributed by atoms with van der Waals surface area (Å²) in [5.41, 5.74) is 0.622. The second-order valence-corrected chi connectivity index (χ2v) is 6.78. The van der Waals surface area contributed by atoms with Crippen molar-refractivity contribution in [1.82, 2.24) is 0 Å². The second kappa shape index (κ2) is 9.24. The van der Waals surface area contributed by atoms with Gasteiger partial charge < -0.3 is 40.1 Å². The maximum absolute atomic E-state index is 12.7. The highest BCUT2D eigenvalue weighted by Crippen LogP contribution is 2.31. The van der Waals surface area contributed by atoms with E-state index < -0.39 is 49.0 Å². The Labute approximate surface area is 171 Å². The van der Waals surface area contributed by atoms with Gasteiger partial charge in [0.25, 0.3) is 0 Å². The first-order valence-corrected chi connectivity index (χ1v) is 9.12. The Kier molecular flexibility index (Phi) is 6.70. The maximum atomic E-state index is 12.7. The van der Waals surface area contributed by atoms with Gasteiger partial charge in [0.1, 0.15) is 41.5 Å². The van der Waals surface area contributed by atoms with Crippen LogP contribution in [0.15, 0.2) is 42.5 Å². The fraction of sp³-hybridized carbons (Fsp3) is 0.286.